The number of aromatic nitrogens is 4. The molecule has 0 radical (unpaired) electrons. The highest BCUT2D eigenvalue weighted by Gasteiger charge is 2.24. The third kappa shape index (κ3) is 4.14. The van der Waals surface area contributed by atoms with Crippen molar-refractivity contribution in [3.05, 3.63) is 7.91 Å². The number of thioether (sulfide) groups is 2. The number of nitrogens with one attached hydrogen (secondary N) is 2. The van der Waals surface area contributed by atoms with Gasteiger partial charge in [0.15, 0.2) is 16.6 Å². The van der Waals surface area contributed by atoms with Gasteiger partial charge in [-0.3, -0.25) is 10.2 Å². The van der Waals surface area contributed by atoms with Gasteiger partial charge in [0.2, 0.25) is 0 Å². The molecule has 0 fully saturated rings. The molecule has 92 valence electrons. The minimum Gasteiger partial charge on any atom is -0.257 e. The van der Waals surface area contributed by atoms with Crippen LogP contribution in [-0.2, 0) is 0 Å². The molecule has 0 saturated carbocycles. The smallest absolute Gasteiger partial charge is 0.177 e. The second-order valence-corrected chi connectivity index (χ2v) is 10.7. The lowest BCUT2D eigenvalue weighted by Crippen LogP contribution is -2.07. The summed E-state index contributed by atoms with van der Waals surface area (Å²) in [6.07, 6.45) is 0. The lowest BCUT2D eigenvalue weighted by atomic mass is 10.5. The monoisotopic (exact) mass is 340 g/mol. The van der Waals surface area contributed by atoms with Crippen molar-refractivity contribution in [2.24, 2.45) is 0 Å². The van der Waals surface area contributed by atoms with Crippen LogP contribution in [0.5, 0.6) is 0 Å². The Morgan fingerprint density at radius 1 is 1.00 bits per heavy atom. The fraction of sp³-hybridized carbons (Fsp3) is 0.429. The summed E-state index contributed by atoms with van der Waals surface area (Å²) < 4.78 is 3.20. The maximum Gasteiger partial charge on any atom is 0.177 e. The molecule has 0 spiro atoms. The Hall–Kier alpha value is 0.260. The predicted molar refractivity (Wildman–Crippen MR) is 80.4 cm³/mol. The Morgan fingerprint density at radius 2 is 1.41 bits per heavy atom. The van der Waals surface area contributed by atoms with Crippen molar-refractivity contribution in [3.63, 3.8) is 0 Å². The SMILES string of the molecule is CC(C)(Sc1n[nH]c(=S)s1)Sc1n[nH]c(=S)s1. The van der Waals surface area contributed by atoms with Crippen LogP contribution in [0, 0.1) is 7.91 Å². The van der Waals surface area contributed by atoms with E-state index in [0.29, 0.717) is 7.91 Å². The first-order valence-corrected chi connectivity index (χ1v) is 8.52. The first kappa shape index (κ1) is 13.7. The molecular weight excluding hydrogens is 333 g/mol. The minimum absolute atomic E-state index is 0.0685. The van der Waals surface area contributed by atoms with Crippen LogP contribution < -0.4 is 0 Å². The molecule has 2 aromatic heterocycles. The molecule has 0 atom stereocenters. The highest BCUT2D eigenvalue weighted by atomic mass is 32.2. The van der Waals surface area contributed by atoms with Gasteiger partial charge in [0.1, 0.15) is 0 Å². The molecule has 2 N–H and O–H groups in total. The second-order valence-electron chi connectivity index (χ2n) is 3.36. The average Bonchev–Trinajstić information content (AvgIpc) is 2.74. The van der Waals surface area contributed by atoms with Crippen molar-refractivity contribution in [1.82, 2.24) is 20.4 Å². The van der Waals surface area contributed by atoms with Gasteiger partial charge >= 0.3 is 0 Å². The Balaban J connectivity index is 2.08. The molecule has 17 heavy (non-hydrogen) atoms. The van der Waals surface area contributed by atoms with Crippen LogP contribution in [0.25, 0.3) is 0 Å². The molecule has 2 rings (SSSR count). The third-order valence-corrected chi connectivity index (χ3v) is 6.29. The van der Waals surface area contributed by atoms with E-state index >= 15 is 0 Å². The number of hydrogen-bond acceptors (Lipinski definition) is 8. The van der Waals surface area contributed by atoms with Crippen molar-refractivity contribution < 1.29 is 0 Å². The summed E-state index contributed by atoms with van der Waals surface area (Å²) in [5.41, 5.74) is 0. The van der Waals surface area contributed by atoms with E-state index < -0.39 is 0 Å². The van der Waals surface area contributed by atoms with Gasteiger partial charge in [0.25, 0.3) is 0 Å². The quantitative estimate of drug-likeness (QED) is 0.491. The molecule has 0 aliphatic carbocycles. The zero-order valence-electron chi connectivity index (χ0n) is 8.84. The minimum atomic E-state index is -0.0685. The molecule has 2 aromatic rings. The number of aromatic amines is 2. The third-order valence-electron chi connectivity index (χ3n) is 1.50. The highest BCUT2D eigenvalue weighted by Crippen LogP contribution is 2.45. The van der Waals surface area contributed by atoms with Crippen molar-refractivity contribution >= 4 is 70.6 Å². The van der Waals surface area contributed by atoms with Crippen LogP contribution in [0.15, 0.2) is 8.68 Å². The molecule has 10 heteroatoms. The van der Waals surface area contributed by atoms with E-state index in [2.05, 4.69) is 34.2 Å². The van der Waals surface area contributed by atoms with Gasteiger partial charge in [-0.1, -0.05) is 46.2 Å². The number of H-pyrrole nitrogens is 2. The summed E-state index contributed by atoms with van der Waals surface area (Å²) in [5, 5.41) is 13.8. The first-order valence-electron chi connectivity index (χ1n) is 4.44. The van der Waals surface area contributed by atoms with E-state index in [9.17, 15) is 0 Å². The van der Waals surface area contributed by atoms with E-state index in [1.807, 2.05) is 0 Å². The van der Waals surface area contributed by atoms with Gasteiger partial charge in [-0.15, -0.1) is 0 Å². The van der Waals surface area contributed by atoms with Crippen LogP contribution in [0.4, 0.5) is 0 Å². The molecule has 0 amide bonds. The molecule has 0 aromatic carbocycles. The van der Waals surface area contributed by atoms with Gasteiger partial charge in [0.05, 0.1) is 4.08 Å². The fourth-order valence-corrected chi connectivity index (χ4v) is 6.59. The van der Waals surface area contributed by atoms with Crippen LogP contribution in [0.2, 0.25) is 0 Å². The summed E-state index contributed by atoms with van der Waals surface area (Å²) in [6, 6.07) is 0. The van der Waals surface area contributed by atoms with Crippen molar-refractivity contribution in [2.45, 2.75) is 26.6 Å². The Kier molecular flexibility index (Phi) is 4.42. The number of hydrogen-bond donors (Lipinski definition) is 2. The zero-order chi connectivity index (χ0) is 12.5. The molecule has 0 saturated heterocycles. The molecular formula is C7H8N4S6. The highest BCUT2D eigenvalue weighted by molar-refractivity contribution is 8.19. The van der Waals surface area contributed by atoms with E-state index in [1.165, 1.54) is 22.7 Å². The normalized spacial score (nSPS) is 11.9. The molecule has 4 nitrogen and oxygen atoms in total. The fourth-order valence-electron chi connectivity index (χ4n) is 0.961. The summed E-state index contributed by atoms with van der Waals surface area (Å²) in [7, 11) is 0. The van der Waals surface area contributed by atoms with Crippen LogP contribution >= 0.6 is 70.6 Å². The zero-order valence-corrected chi connectivity index (χ0v) is 13.7. The Morgan fingerprint density at radius 3 is 1.71 bits per heavy atom. The molecule has 0 bridgehead atoms. The van der Waals surface area contributed by atoms with E-state index in [-0.39, 0.29) is 4.08 Å². The van der Waals surface area contributed by atoms with Crippen LogP contribution in [-0.4, -0.2) is 24.5 Å². The molecule has 0 aliphatic rings. The maximum atomic E-state index is 5.01. The lowest BCUT2D eigenvalue weighted by Gasteiger charge is -2.19. The molecule has 0 aliphatic heterocycles. The maximum absolute atomic E-state index is 5.01. The second kappa shape index (κ2) is 5.49. The summed E-state index contributed by atoms with van der Waals surface area (Å²) in [5.74, 6) is 0. The number of rotatable bonds is 4. The predicted octanol–water partition coefficient (Wildman–Crippen LogP) is 4.34. The first-order chi connectivity index (χ1) is 7.94. The summed E-state index contributed by atoms with van der Waals surface area (Å²) in [4.78, 5) is 0. The van der Waals surface area contributed by atoms with Crippen molar-refractivity contribution in [2.75, 3.05) is 0 Å². The Labute approximate surface area is 125 Å². The number of nitrogens with zero attached hydrogens (tertiary/aromatic N) is 2. The molecule has 0 unspecified atom stereocenters. The van der Waals surface area contributed by atoms with Crippen molar-refractivity contribution in [1.29, 1.82) is 0 Å². The summed E-state index contributed by atoms with van der Waals surface area (Å²) in [6.45, 7) is 4.24. The van der Waals surface area contributed by atoms with Gasteiger partial charge < -0.3 is 0 Å². The topological polar surface area (TPSA) is 57.4 Å². The van der Waals surface area contributed by atoms with Crippen molar-refractivity contribution in [3.8, 4) is 0 Å². The van der Waals surface area contributed by atoms with Crippen LogP contribution in [0.1, 0.15) is 13.8 Å². The van der Waals surface area contributed by atoms with Gasteiger partial charge in [-0.05, 0) is 38.3 Å². The lowest BCUT2D eigenvalue weighted by molar-refractivity contribution is 0.963. The van der Waals surface area contributed by atoms with Gasteiger partial charge in [0, 0.05) is 0 Å². The van der Waals surface area contributed by atoms with E-state index in [4.69, 9.17) is 24.4 Å². The molecule has 2 heterocycles. The average molecular weight is 341 g/mol. The Bertz CT molecular complexity index is 552. The van der Waals surface area contributed by atoms with E-state index in [1.54, 1.807) is 23.5 Å². The van der Waals surface area contributed by atoms with Crippen LogP contribution in [0.3, 0.4) is 0 Å². The standard InChI is InChI=1S/C7H8N4S6/c1-7(2,16-5-10-8-3(12)14-5)17-6-11-9-4(13)15-6/h1-2H3,(H,8,12)(H,9,13). The summed E-state index contributed by atoms with van der Waals surface area (Å²) >= 11 is 16.3. The van der Waals surface area contributed by atoms with Gasteiger partial charge in [-0.2, -0.15) is 10.2 Å². The van der Waals surface area contributed by atoms with Gasteiger partial charge in [-0.25, -0.2) is 0 Å². The van der Waals surface area contributed by atoms with E-state index in [0.717, 1.165) is 8.68 Å². The largest absolute Gasteiger partial charge is 0.257 e.